The summed E-state index contributed by atoms with van der Waals surface area (Å²) in [5, 5.41) is 23.1. The lowest BCUT2D eigenvalue weighted by atomic mass is 10.0. The van der Waals surface area contributed by atoms with Gasteiger partial charge in [-0.1, -0.05) is 320 Å². The summed E-state index contributed by atoms with van der Waals surface area (Å²) >= 11 is 0. The Bertz CT molecular complexity index is 1200. The number of allylic oxidation sites excluding steroid dienone is 5. The summed E-state index contributed by atoms with van der Waals surface area (Å²) in [6, 6.07) is -0.625. The molecule has 0 aromatic carbocycles. The second-order valence-electron chi connectivity index (χ2n) is 22.8. The summed E-state index contributed by atoms with van der Waals surface area (Å²) in [6.45, 7) is 4.90. The van der Waals surface area contributed by atoms with Crippen LogP contribution in [0.2, 0.25) is 0 Å². The van der Waals surface area contributed by atoms with Gasteiger partial charge in [-0.05, 0) is 64.2 Å². The zero-order valence-corrected chi connectivity index (χ0v) is 49.8. The molecule has 2 unspecified atom stereocenters. The molecule has 0 radical (unpaired) electrons. The second-order valence-corrected chi connectivity index (χ2v) is 22.8. The van der Waals surface area contributed by atoms with E-state index < -0.39 is 12.1 Å². The highest BCUT2D eigenvalue weighted by molar-refractivity contribution is 5.76. The number of nitrogens with one attached hydrogen (secondary N) is 1. The van der Waals surface area contributed by atoms with Gasteiger partial charge >= 0.3 is 5.97 Å². The minimum atomic E-state index is -0.841. The Kier molecular flexibility index (Phi) is 62.0. The van der Waals surface area contributed by atoms with E-state index in [1.54, 1.807) is 6.08 Å². The van der Waals surface area contributed by atoms with E-state index in [2.05, 4.69) is 43.5 Å². The normalized spacial score (nSPS) is 12.8. The fraction of sp³-hybridized carbons (Fsp3) is 0.882. The van der Waals surface area contributed by atoms with Crippen molar-refractivity contribution in [2.45, 2.75) is 373 Å². The highest BCUT2D eigenvalue weighted by atomic mass is 16.5. The summed E-state index contributed by atoms with van der Waals surface area (Å²) in [5.74, 6) is -0.0545. The lowest BCUT2D eigenvalue weighted by Gasteiger charge is -2.20. The first-order valence-corrected chi connectivity index (χ1v) is 33.3. The number of rotatable bonds is 62. The van der Waals surface area contributed by atoms with Gasteiger partial charge in [-0.3, -0.25) is 9.59 Å². The number of carbonyl (C=O) groups is 2. The van der Waals surface area contributed by atoms with E-state index in [1.807, 2.05) is 6.08 Å². The Balaban J connectivity index is 3.34. The molecular weight excluding hydrogens is 911 g/mol. The van der Waals surface area contributed by atoms with Crippen molar-refractivity contribution in [1.29, 1.82) is 0 Å². The summed E-state index contributed by atoms with van der Waals surface area (Å²) in [6.07, 6.45) is 80.7. The zero-order valence-electron chi connectivity index (χ0n) is 49.8. The van der Waals surface area contributed by atoms with Crippen molar-refractivity contribution in [2.24, 2.45) is 0 Å². The lowest BCUT2D eigenvalue weighted by Crippen LogP contribution is -2.45. The Morgan fingerprint density at radius 2 is 0.676 bits per heavy atom. The SMILES string of the molecule is CCCCCC/C=C\C/C=C\CCCCCCCCCC(=O)OCCCCCCCCCCCCCCCCCCCCCCCCCCCCCC(=O)NC(CO)C(O)/C=C/CCCCCCCCCCCC. The van der Waals surface area contributed by atoms with Crippen molar-refractivity contribution < 1.29 is 24.5 Å². The van der Waals surface area contributed by atoms with E-state index >= 15 is 0 Å². The van der Waals surface area contributed by atoms with Crippen LogP contribution in [0.1, 0.15) is 361 Å². The number of hydrogen-bond donors (Lipinski definition) is 3. The van der Waals surface area contributed by atoms with Gasteiger partial charge in [-0.25, -0.2) is 0 Å². The molecule has 0 aliphatic heterocycles. The summed E-state index contributed by atoms with van der Waals surface area (Å²) in [4.78, 5) is 24.5. The number of hydrogen-bond acceptors (Lipinski definition) is 5. The molecule has 3 N–H and O–H groups in total. The molecule has 0 saturated carbocycles. The quantitative estimate of drug-likeness (QED) is 0.0320. The van der Waals surface area contributed by atoms with Crippen LogP contribution in [0.15, 0.2) is 36.5 Å². The molecule has 6 nitrogen and oxygen atoms in total. The summed E-state index contributed by atoms with van der Waals surface area (Å²) in [5.41, 5.74) is 0. The smallest absolute Gasteiger partial charge is 0.305 e. The molecular formula is C68H129NO5. The molecule has 1 amide bonds. The van der Waals surface area contributed by atoms with Crippen LogP contribution in [0, 0.1) is 0 Å². The van der Waals surface area contributed by atoms with Gasteiger partial charge < -0.3 is 20.3 Å². The lowest BCUT2D eigenvalue weighted by molar-refractivity contribution is -0.143. The Morgan fingerprint density at radius 1 is 0.378 bits per heavy atom. The molecule has 0 aromatic heterocycles. The second kappa shape index (κ2) is 63.6. The van der Waals surface area contributed by atoms with Crippen molar-refractivity contribution in [2.75, 3.05) is 13.2 Å². The first-order valence-electron chi connectivity index (χ1n) is 33.3. The number of unbranched alkanes of at least 4 members (excludes halogenated alkanes) is 47. The zero-order chi connectivity index (χ0) is 53.6. The van der Waals surface area contributed by atoms with E-state index in [-0.39, 0.29) is 18.5 Å². The predicted octanol–water partition coefficient (Wildman–Crippen LogP) is 21.1. The maximum absolute atomic E-state index is 12.4. The maximum atomic E-state index is 12.4. The van der Waals surface area contributed by atoms with Gasteiger partial charge in [0.15, 0.2) is 0 Å². The van der Waals surface area contributed by atoms with E-state index in [0.29, 0.717) is 19.4 Å². The number of amides is 1. The van der Waals surface area contributed by atoms with Crippen molar-refractivity contribution in [3.8, 4) is 0 Å². The minimum absolute atomic E-state index is 0.0105. The van der Waals surface area contributed by atoms with E-state index in [4.69, 9.17) is 4.74 Å². The molecule has 0 aliphatic rings. The molecule has 0 rings (SSSR count). The monoisotopic (exact) mass is 1040 g/mol. The van der Waals surface area contributed by atoms with Crippen molar-refractivity contribution in [1.82, 2.24) is 5.32 Å². The fourth-order valence-electron chi connectivity index (χ4n) is 10.3. The molecule has 2 atom stereocenters. The van der Waals surface area contributed by atoms with Gasteiger partial charge in [0.25, 0.3) is 0 Å². The van der Waals surface area contributed by atoms with Crippen molar-refractivity contribution in [3.63, 3.8) is 0 Å². The molecule has 0 fully saturated rings. The molecule has 0 aliphatic carbocycles. The van der Waals surface area contributed by atoms with Gasteiger partial charge in [-0.15, -0.1) is 0 Å². The van der Waals surface area contributed by atoms with Gasteiger partial charge in [0.05, 0.1) is 25.4 Å². The number of carbonyl (C=O) groups excluding carboxylic acids is 2. The molecule has 0 aromatic rings. The third kappa shape index (κ3) is 59.3. The van der Waals surface area contributed by atoms with Gasteiger partial charge in [0.2, 0.25) is 5.91 Å². The van der Waals surface area contributed by atoms with E-state index in [1.165, 1.54) is 283 Å². The molecule has 0 bridgehead atoms. The van der Waals surface area contributed by atoms with Gasteiger partial charge in [0.1, 0.15) is 0 Å². The van der Waals surface area contributed by atoms with Crippen LogP contribution in [0.5, 0.6) is 0 Å². The Hall–Kier alpha value is -1.92. The number of ether oxygens (including phenoxy) is 1. The summed E-state index contributed by atoms with van der Waals surface area (Å²) < 4.78 is 5.50. The fourth-order valence-corrected chi connectivity index (χ4v) is 10.3. The molecule has 0 saturated heterocycles. The van der Waals surface area contributed by atoms with Crippen LogP contribution in [-0.2, 0) is 14.3 Å². The first kappa shape index (κ1) is 72.1. The minimum Gasteiger partial charge on any atom is -0.466 e. The highest BCUT2D eigenvalue weighted by Crippen LogP contribution is 2.18. The molecule has 6 heteroatoms. The number of esters is 1. The Morgan fingerprint density at radius 3 is 1.04 bits per heavy atom. The van der Waals surface area contributed by atoms with Crippen LogP contribution in [0.3, 0.4) is 0 Å². The van der Waals surface area contributed by atoms with Crippen LogP contribution < -0.4 is 5.32 Å². The number of aliphatic hydroxyl groups is 2. The average Bonchev–Trinajstić information content (AvgIpc) is 3.40. The van der Waals surface area contributed by atoms with E-state index in [0.717, 1.165) is 51.4 Å². The standard InChI is InChI=1S/C68H129NO5/c1-3-5-7-9-11-13-15-17-18-19-32-35-38-42-46-50-54-58-62-68(73)74-63-59-55-51-47-43-39-36-33-30-28-26-24-22-20-21-23-25-27-29-31-34-37-41-45-49-53-57-61-67(72)69-65(64-70)66(71)60-56-52-48-44-40-16-14-12-10-8-6-4-2/h13,15,18-19,56,60,65-66,70-71H,3-12,14,16-17,20-55,57-59,61-64H2,1-2H3,(H,69,72)/b15-13-,19-18-,60-56+. The third-order valence-electron chi connectivity index (χ3n) is 15.4. The molecule has 436 valence electrons. The highest BCUT2D eigenvalue weighted by Gasteiger charge is 2.18. The Labute approximate surface area is 462 Å². The largest absolute Gasteiger partial charge is 0.466 e. The molecule has 0 spiro atoms. The average molecular weight is 1040 g/mol. The van der Waals surface area contributed by atoms with E-state index in [9.17, 15) is 19.8 Å². The first-order chi connectivity index (χ1) is 36.5. The third-order valence-corrected chi connectivity index (χ3v) is 15.4. The van der Waals surface area contributed by atoms with Crippen molar-refractivity contribution in [3.05, 3.63) is 36.5 Å². The topological polar surface area (TPSA) is 95.9 Å². The van der Waals surface area contributed by atoms with Gasteiger partial charge in [0, 0.05) is 12.8 Å². The van der Waals surface area contributed by atoms with Crippen molar-refractivity contribution >= 4 is 11.9 Å². The number of aliphatic hydroxyl groups excluding tert-OH is 2. The van der Waals surface area contributed by atoms with Crippen LogP contribution in [0.25, 0.3) is 0 Å². The van der Waals surface area contributed by atoms with Gasteiger partial charge in [-0.2, -0.15) is 0 Å². The predicted molar refractivity (Wildman–Crippen MR) is 324 cm³/mol. The van der Waals surface area contributed by atoms with Crippen LogP contribution >= 0.6 is 0 Å². The van der Waals surface area contributed by atoms with Crippen LogP contribution in [0.4, 0.5) is 0 Å². The van der Waals surface area contributed by atoms with Crippen LogP contribution in [-0.4, -0.2) is 47.4 Å². The molecule has 0 heterocycles. The molecule has 74 heavy (non-hydrogen) atoms. The maximum Gasteiger partial charge on any atom is 0.305 e. The summed E-state index contributed by atoms with van der Waals surface area (Å²) in [7, 11) is 0.